The minimum absolute atomic E-state index is 0.812. The van der Waals surface area contributed by atoms with E-state index in [1.54, 1.807) is 0 Å². The molecule has 0 spiro atoms. The highest BCUT2D eigenvalue weighted by Crippen LogP contribution is 2.21. The van der Waals surface area contributed by atoms with Gasteiger partial charge in [0.05, 0.1) is 0 Å². The summed E-state index contributed by atoms with van der Waals surface area (Å²) >= 11 is 0. The monoisotopic (exact) mass is 164 g/mol. The third kappa shape index (κ3) is 1.52. The zero-order chi connectivity index (χ0) is 9.14. The maximum Gasteiger partial charge on any atom is 0.0367 e. The van der Waals surface area contributed by atoms with E-state index in [0.717, 1.165) is 24.2 Å². The predicted molar refractivity (Wildman–Crippen MR) is 54.0 cm³/mol. The van der Waals surface area contributed by atoms with Crippen LogP contribution in [0.3, 0.4) is 0 Å². The summed E-state index contributed by atoms with van der Waals surface area (Å²) in [6.07, 6.45) is 1.94. The Bertz CT molecular complexity index is 254. The molecule has 0 fully saturated rings. The fraction of sp³-hybridized carbons (Fsp3) is 0.400. The van der Waals surface area contributed by atoms with E-state index in [0.29, 0.717) is 0 Å². The van der Waals surface area contributed by atoms with Crippen LogP contribution in [0.1, 0.15) is 25.0 Å². The zero-order valence-corrected chi connectivity index (χ0v) is 7.72. The Balaban J connectivity index is 3.18. The van der Waals surface area contributed by atoms with Gasteiger partial charge in [0.2, 0.25) is 0 Å². The van der Waals surface area contributed by atoms with Crippen molar-refractivity contribution in [3.63, 3.8) is 0 Å². The van der Waals surface area contributed by atoms with Crippen LogP contribution in [0.2, 0.25) is 0 Å². The summed E-state index contributed by atoms with van der Waals surface area (Å²) < 4.78 is 0. The van der Waals surface area contributed by atoms with Crippen molar-refractivity contribution in [2.24, 2.45) is 0 Å². The number of nitrogens with two attached hydrogens (primary N) is 2. The topological polar surface area (TPSA) is 52.0 Å². The SMILES string of the molecule is CCc1cc(CC)c(N)cc1N. The molecule has 0 radical (unpaired) electrons. The van der Waals surface area contributed by atoms with Gasteiger partial charge < -0.3 is 11.5 Å². The first-order valence-electron chi connectivity index (χ1n) is 4.35. The fourth-order valence-corrected chi connectivity index (χ4v) is 1.34. The largest absolute Gasteiger partial charge is 0.398 e. The molecule has 0 aliphatic heterocycles. The van der Waals surface area contributed by atoms with Crippen molar-refractivity contribution in [2.75, 3.05) is 11.5 Å². The van der Waals surface area contributed by atoms with Crippen LogP contribution in [-0.2, 0) is 12.8 Å². The Hall–Kier alpha value is -1.18. The quantitative estimate of drug-likeness (QED) is 0.657. The van der Waals surface area contributed by atoms with Gasteiger partial charge in [0.1, 0.15) is 0 Å². The molecule has 12 heavy (non-hydrogen) atoms. The molecule has 66 valence electrons. The summed E-state index contributed by atoms with van der Waals surface area (Å²) in [6, 6.07) is 3.96. The average Bonchev–Trinajstić information content (AvgIpc) is 2.05. The van der Waals surface area contributed by atoms with Crippen molar-refractivity contribution in [3.8, 4) is 0 Å². The van der Waals surface area contributed by atoms with E-state index in [4.69, 9.17) is 11.5 Å². The fourth-order valence-electron chi connectivity index (χ4n) is 1.34. The van der Waals surface area contributed by atoms with Gasteiger partial charge in [0.15, 0.2) is 0 Å². The average molecular weight is 164 g/mol. The Morgan fingerprint density at radius 2 is 1.33 bits per heavy atom. The van der Waals surface area contributed by atoms with E-state index in [-0.39, 0.29) is 0 Å². The van der Waals surface area contributed by atoms with Crippen molar-refractivity contribution in [1.29, 1.82) is 0 Å². The van der Waals surface area contributed by atoms with Crippen LogP contribution in [0.5, 0.6) is 0 Å². The maximum atomic E-state index is 5.78. The van der Waals surface area contributed by atoms with Gasteiger partial charge in [-0.1, -0.05) is 19.9 Å². The molecular weight excluding hydrogens is 148 g/mol. The second-order valence-electron chi connectivity index (χ2n) is 2.96. The van der Waals surface area contributed by atoms with E-state index >= 15 is 0 Å². The van der Waals surface area contributed by atoms with Crippen LogP contribution in [0.25, 0.3) is 0 Å². The van der Waals surface area contributed by atoms with Crippen LogP contribution in [0.15, 0.2) is 12.1 Å². The van der Waals surface area contributed by atoms with Gasteiger partial charge in [0, 0.05) is 11.4 Å². The third-order valence-electron chi connectivity index (χ3n) is 2.16. The maximum absolute atomic E-state index is 5.78. The minimum Gasteiger partial charge on any atom is -0.398 e. The highest BCUT2D eigenvalue weighted by atomic mass is 14.6. The normalized spacial score (nSPS) is 10.2. The highest BCUT2D eigenvalue weighted by Gasteiger charge is 2.02. The molecule has 2 heteroatoms. The molecule has 1 aromatic carbocycles. The number of aryl methyl sites for hydroxylation is 2. The molecule has 0 saturated heterocycles. The summed E-state index contributed by atoms with van der Waals surface area (Å²) in [5, 5.41) is 0. The van der Waals surface area contributed by atoms with Gasteiger partial charge in [-0.3, -0.25) is 0 Å². The Labute approximate surface area is 73.6 Å². The van der Waals surface area contributed by atoms with Gasteiger partial charge >= 0.3 is 0 Å². The zero-order valence-electron chi connectivity index (χ0n) is 7.72. The van der Waals surface area contributed by atoms with Gasteiger partial charge in [-0.2, -0.15) is 0 Å². The first-order chi connectivity index (χ1) is 5.69. The molecule has 2 nitrogen and oxygen atoms in total. The lowest BCUT2D eigenvalue weighted by Crippen LogP contribution is -1.99. The third-order valence-corrected chi connectivity index (χ3v) is 2.16. The van der Waals surface area contributed by atoms with Crippen LogP contribution >= 0.6 is 0 Å². The molecule has 0 atom stereocenters. The van der Waals surface area contributed by atoms with E-state index in [2.05, 4.69) is 19.9 Å². The van der Waals surface area contributed by atoms with Crippen molar-refractivity contribution in [2.45, 2.75) is 26.7 Å². The Morgan fingerprint density at radius 1 is 0.917 bits per heavy atom. The number of hydrogen-bond acceptors (Lipinski definition) is 2. The Kier molecular flexibility index (Phi) is 2.58. The van der Waals surface area contributed by atoms with E-state index in [1.165, 1.54) is 11.1 Å². The van der Waals surface area contributed by atoms with Gasteiger partial charge in [-0.25, -0.2) is 0 Å². The molecule has 0 amide bonds. The molecule has 1 aromatic rings. The summed E-state index contributed by atoms with van der Waals surface area (Å²) in [5.41, 5.74) is 15.6. The summed E-state index contributed by atoms with van der Waals surface area (Å²) in [6.45, 7) is 4.20. The predicted octanol–water partition coefficient (Wildman–Crippen LogP) is 1.98. The van der Waals surface area contributed by atoms with Crippen molar-refractivity contribution in [1.82, 2.24) is 0 Å². The minimum atomic E-state index is 0.812. The van der Waals surface area contributed by atoms with Crippen LogP contribution in [-0.4, -0.2) is 0 Å². The first kappa shape index (κ1) is 8.91. The molecule has 0 heterocycles. The number of benzene rings is 1. The van der Waals surface area contributed by atoms with Crippen LogP contribution < -0.4 is 11.5 Å². The van der Waals surface area contributed by atoms with Crippen molar-refractivity contribution >= 4 is 11.4 Å². The van der Waals surface area contributed by atoms with E-state index in [1.807, 2.05) is 6.07 Å². The molecule has 0 aliphatic rings. The smallest absolute Gasteiger partial charge is 0.0367 e. The van der Waals surface area contributed by atoms with Crippen LogP contribution in [0.4, 0.5) is 11.4 Å². The Morgan fingerprint density at radius 3 is 1.67 bits per heavy atom. The molecule has 0 aliphatic carbocycles. The molecular formula is C10H16N2. The highest BCUT2D eigenvalue weighted by molar-refractivity contribution is 5.61. The summed E-state index contributed by atoms with van der Waals surface area (Å²) in [4.78, 5) is 0. The van der Waals surface area contributed by atoms with Crippen LogP contribution in [0, 0.1) is 0 Å². The van der Waals surface area contributed by atoms with E-state index < -0.39 is 0 Å². The molecule has 4 N–H and O–H groups in total. The van der Waals surface area contributed by atoms with Crippen molar-refractivity contribution in [3.05, 3.63) is 23.3 Å². The second kappa shape index (κ2) is 3.48. The molecule has 0 bridgehead atoms. The summed E-state index contributed by atoms with van der Waals surface area (Å²) in [7, 11) is 0. The van der Waals surface area contributed by atoms with Crippen molar-refractivity contribution < 1.29 is 0 Å². The molecule has 1 rings (SSSR count). The number of rotatable bonds is 2. The lowest BCUT2D eigenvalue weighted by Gasteiger charge is -2.08. The summed E-state index contributed by atoms with van der Waals surface area (Å²) in [5.74, 6) is 0. The molecule has 0 unspecified atom stereocenters. The molecule has 0 saturated carbocycles. The first-order valence-corrected chi connectivity index (χ1v) is 4.35. The van der Waals surface area contributed by atoms with E-state index in [9.17, 15) is 0 Å². The lowest BCUT2D eigenvalue weighted by atomic mass is 10.0. The number of hydrogen-bond donors (Lipinski definition) is 2. The van der Waals surface area contributed by atoms with Gasteiger partial charge in [0.25, 0.3) is 0 Å². The second-order valence-corrected chi connectivity index (χ2v) is 2.96. The van der Waals surface area contributed by atoms with Gasteiger partial charge in [-0.15, -0.1) is 0 Å². The van der Waals surface area contributed by atoms with Gasteiger partial charge in [-0.05, 0) is 30.0 Å². The lowest BCUT2D eigenvalue weighted by molar-refractivity contribution is 1.09. The number of nitrogen functional groups attached to an aromatic ring is 2. The molecule has 0 aromatic heterocycles. The number of anilines is 2. The standard InChI is InChI=1S/C10H16N2/c1-3-7-5-8(4-2)10(12)6-9(7)11/h5-6H,3-4,11-12H2,1-2H3.